The molecule has 0 saturated heterocycles. The van der Waals surface area contributed by atoms with Crippen molar-refractivity contribution in [2.45, 2.75) is 33.4 Å². The van der Waals surface area contributed by atoms with Gasteiger partial charge in [0, 0.05) is 11.4 Å². The Balaban J connectivity index is 2.24. The van der Waals surface area contributed by atoms with Crippen molar-refractivity contribution < 1.29 is 0 Å². The normalized spacial score (nSPS) is 12.6. The van der Waals surface area contributed by atoms with Crippen molar-refractivity contribution in [1.82, 2.24) is 9.78 Å². The van der Waals surface area contributed by atoms with E-state index in [1.165, 1.54) is 4.88 Å². The summed E-state index contributed by atoms with van der Waals surface area (Å²) in [4.78, 5) is 1.30. The number of rotatable bonds is 4. The van der Waals surface area contributed by atoms with Crippen LogP contribution in [0.5, 0.6) is 0 Å². The number of anilines is 2. The summed E-state index contributed by atoms with van der Waals surface area (Å²) in [5, 5.41) is 9.92. The quantitative estimate of drug-likeness (QED) is 0.877. The summed E-state index contributed by atoms with van der Waals surface area (Å²) in [6.07, 6.45) is 0. The number of thiophene rings is 1. The van der Waals surface area contributed by atoms with Gasteiger partial charge in [0.25, 0.3) is 0 Å². The summed E-state index contributed by atoms with van der Waals surface area (Å²) >= 11 is 1.74. The molecule has 4 nitrogen and oxygen atoms in total. The zero-order valence-corrected chi connectivity index (χ0v) is 11.2. The van der Waals surface area contributed by atoms with Gasteiger partial charge in [0.2, 0.25) is 0 Å². The van der Waals surface area contributed by atoms with Gasteiger partial charge in [0.05, 0.1) is 17.4 Å². The Bertz CT molecular complexity index is 487. The maximum atomic E-state index is 6.04. The van der Waals surface area contributed by atoms with Gasteiger partial charge in [-0.25, -0.2) is 4.68 Å². The lowest BCUT2D eigenvalue weighted by atomic mass is 10.2. The number of aromatic nitrogens is 2. The lowest BCUT2D eigenvalue weighted by molar-refractivity contribution is 0.652. The third kappa shape index (κ3) is 2.29. The highest BCUT2D eigenvalue weighted by atomic mass is 32.1. The van der Waals surface area contributed by atoms with Crippen LogP contribution in [0.2, 0.25) is 0 Å². The average Bonchev–Trinajstić information content (AvgIpc) is 2.92. The van der Waals surface area contributed by atoms with Crippen LogP contribution >= 0.6 is 11.3 Å². The number of hydrogen-bond donors (Lipinski definition) is 2. The molecule has 0 saturated carbocycles. The average molecular weight is 250 g/mol. The van der Waals surface area contributed by atoms with E-state index in [2.05, 4.69) is 41.8 Å². The molecule has 0 spiro atoms. The summed E-state index contributed by atoms with van der Waals surface area (Å²) in [6.45, 7) is 6.94. The van der Waals surface area contributed by atoms with E-state index in [-0.39, 0.29) is 6.04 Å². The molecule has 0 bridgehead atoms. The van der Waals surface area contributed by atoms with E-state index in [0.717, 1.165) is 23.7 Å². The first-order valence-corrected chi connectivity index (χ1v) is 6.64. The van der Waals surface area contributed by atoms with Gasteiger partial charge in [-0.2, -0.15) is 5.10 Å². The van der Waals surface area contributed by atoms with E-state index < -0.39 is 0 Å². The SMILES string of the molecule is CCn1nc(C)c(N)c1NC(C)c1cccs1. The predicted octanol–water partition coefficient (Wildman–Crippen LogP) is 3.03. The van der Waals surface area contributed by atoms with Gasteiger partial charge in [0.15, 0.2) is 0 Å². The highest BCUT2D eigenvalue weighted by molar-refractivity contribution is 7.10. The summed E-state index contributed by atoms with van der Waals surface area (Å²) in [5.41, 5.74) is 7.67. The molecular weight excluding hydrogens is 232 g/mol. The van der Waals surface area contributed by atoms with Crippen LogP contribution in [-0.2, 0) is 6.54 Å². The molecular formula is C12H18N4S. The monoisotopic (exact) mass is 250 g/mol. The van der Waals surface area contributed by atoms with Crippen LogP contribution in [0.15, 0.2) is 17.5 Å². The van der Waals surface area contributed by atoms with Crippen molar-refractivity contribution in [2.24, 2.45) is 0 Å². The van der Waals surface area contributed by atoms with Crippen LogP contribution < -0.4 is 11.1 Å². The molecule has 0 radical (unpaired) electrons. The number of nitrogens with zero attached hydrogens (tertiary/aromatic N) is 2. The van der Waals surface area contributed by atoms with Crippen LogP contribution in [0.3, 0.4) is 0 Å². The van der Waals surface area contributed by atoms with Gasteiger partial charge < -0.3 is 11.1 Å². The fraction of sp³-hybridized carbons (Fsp3) is 0.417. The number of nitrogen functional groups attached to an aromatic ring is 1. The van der Waals surface area contributed by atoms with Crippen molar-refractivity contribution in [3.63, 3.8) is 0 Å². The molecule has 0 aliphatic carbocycles. The van der Waals surface area contributed by atoms with Gasteiger partial charge >= 0.3 is 0 Å². The molecule has 3 N–H and O–H groups in total. The van der Waals surface area contributed by atoms with Crippen molar-refractivity contribution in [1.29, 1.82) is 0 Å². The fourth-order valence-electron chi connectivity index (χ4n) is 1.79. The molecule has 2 rings (SSSR count). The van der Waals surface area contributed by atoms with Crippen molar-refractivity contribution >= 4 is 22.8 Å². The van der Waals surface area contributed by atoms with E-state index >= 15 is 0 Å². The van der Waals surface area contributed by atoms with Crippen molar-refractivity contribution in [3.05, 3.63) is 28.1 Å². The zero-order chi connectivity index (χ0) is 12.4. The second-order valence-corrected chi connectivity index (χ2v) is 5.02. The Labute approximate surface area is 105 Å². The molecule has 92 valence electrons. The lowest BCUT2D eigenvalue weighted by Gasteiger charge is -2.15. The first-order valence-electron chi connectivity index (χ1n) is 5.76. The lowest BCUT2D eigenvalue weighted by Crippen LogP contribution is -2.11. The Morgan fingerprint density at radius 3 is 2.94 bits per heavy atom. The Morgan fingerprint density at radius 1 is 1.59 bits per heavy atom. The first-order chi connectivity index (χ1) is 8.13. The molecule has 0 aliphatic rings. The van der Waals surface area contributed by atoms with Crippen LogP contribution in [0.25, 0.3) is 0 Å². The van der Waals surface area contributed by atoms with Crippen molar-refractivity contribution in [2.75, 3.05) is 11.1 Å². The minimum atomic E-state index is 0.249. The minimum Gasteiger partial charge on any atom is -0.394 e. The maximum Gasteiger partial charge on any atom is 0.148 e. The smallest absolute Gasteiger partial charge is 0.148 e. The fourth-order valence-corrected chi connectivity index (χ4v) is 2.52. The highest BCUT2D eigenvalue weighted by Crippen LogP contribution is 2.28. The molecule has 2 aromatic heterocycles. The summed E-state index contributed by atoms with van der Waals surface area (Å²) in [6, 6.07) is 4.43. The number of nitrogens with one attached hydrogen (secondary N) is 1. The van der Waals surface area contributed by atoms with E-state index in [1.54, 1.807) is 11.3 Å². The first kappa shape index (κ1) is 12.0. The highest BCUT2D eigenvalue weighted by Gasteiger charge is 2.14. The van der Waals surface area contributed by atoms with Crippen LogP contribution in [0.1, 0.15) is 30.5 Å². The number of aryl methyl sites for hydroxylation is 2. The third-order valence-corrected chi connectivity index (χ3v) is 3.85. The Hall–Kier alpha value is -1.49. The van der Waals surface area contributed by atoms with Crippen LogP contribution in [0, 0.1) is 6.92 Å². The molecule has 1 atom stereocenters. The predicted molar refractivity (Wildman–Crippen MR) is 73.4 cm³/mol. The summed E-state index contributed by atoms with van der Waals surface area (Å²) < 4.78 is 1.91. The molecule has 17 heavy (non-hydrogen) atoms. The van der Waals surface area contributed by atoms with Gasteiger partial charge in [-0.1, -0.05) is 6.07 Å². The van der Waals surface area contributed by atoms with Gasteiger partial charge in [-0.3, -0.25) is 0 Å². The molecule has 2 heterocycles. The second kappa shape index (κ2) is 4.79. The molecule has 5 heteroatoms. The molecule has 0 amide bonds. The largest absolute Gasteiger partial charge is 0.394 e. The molecule has 2 aromatic rings. The second-order valence-electron chi connectivity index (χ2n) is 4.04. The van der Waals surface area contributed by atoms with E-state index in [1.807, 2.05) is 11.6 Å². The Morgan fingerprint density at radius 2 is 2.35 bits per heavy atom. The summed E-state index contributed by atoms with van der Waals surface area (Å²) in [7, 11) is 0. The van der Waals surface area contributed by atoms with E-state index in [9.17, 15) is 0 Å². The van der Waals surface area contributed by atoms with Crippen molar-refractivity contribution in [3.8, 4) is 0 Å². The van der Waals surface area contributed by atoms with Gasteiger partial charge in [0.1, 0.15) is 5.82 Å². The Kier molecular flexibility index (Phi) is 3.38. The molecule has 1 unspecified atom stereocenters. The van der Waals surface area contributed by atoms with Crippen LogP contribution in [0.4, 0.5) is 11.5 Å². The number of nitrogens with two attached hydrogens (primary N) is 1. The van der Waals surface area contributed by atoms with Gasteiger partial charge in [-0.05, 0) is 32.2 Å². The van der Waals surface area contributed by atoms with Gasteiger partial charge in [-0.15, -0.1) is 11.3 Å². The zero-order valence-electron chi connectivity index (χ0n) is 10.4. The van der Waals surface area contributed by atoms with Crippen LogP contribution in [-0.4, -0.2) is 9.78 Å². The minimum absolute atomic E-state index is 0.249. The van der Waals surface area contributed by atoms with E-state index in [0.29, 0.717) is 0 Å². The summed E-state index contributed by atoms with van der Waals surface area (Å²) in [5.74, 6) is 0.922. The molecule has 0 fully saturated rings. The topological polar surface area (TPSA) is 55.9 Å². The molecule has 0 aromatic carbocycles. The maximum absolute atomic E-state index is 6.04. The standard InChI is InChI=1S/C12H18N4S/c1-4-16-12(11(13)9(3)15-16)14-8(2)10-6-5-7-17-10/h5-8,14H,4,13H2,1-3H3. The van der Waals surface area contributed by atoms with E-state index in [4.69, 9.17) is 5.73 Å². The third-order valence-electron chi connectivity index (χ3n) is 2.80. The number of hydrogen-bond acceptors (Lipinski definition) is 4. The molecule has 0 aliphatic heterocycles.